The van der Waals surface area contributed by atoms with Crippen LogP contribution in [0.25, 0.3) is 16.8 Å². The summed E-state index contributed by atoms with van der Waals surface area (Å²) in [7, 11) is 0. The molecule has 0 radical (unpaired) electrons. The monoisotopic (exact) mass is 404 g/mol. The zero-order chi connectivity index (χ0) is 20.9. The van der Waals surface area contributed by atoms with E-state index in [4.69, 9.17) is 4.74 Å². The van der Waals surface area contributed by atoms with E-state index in [1.54, 1.807) is 30.4 Å². The zero-order valence-corrected chi connectivity index (χ0v) is 17.4. The van der Waals surface area contributed by atoms with Crippen LogP contribution in [-0.2, 0) is 0 Å². The Labute approximate surface area is 172 Å². The van der Waals surface area contributed by atoms with Crippen LogP contribution in [0.5, 0.6) is 5.75 Å². The first-order valence-electron chi connectivity index (χ1n) is 10.9. The molecule has 0 spiro atoms. The lowest BCUT2D eigenvalue weighted by Crippen LogP contribution is -2.37. The van der Waals surface area contributed by atoms with E-state index in [1.165, 1.54) is 31.4 Å². The van der Waals surface area contributed by atoms with Crippen molar-refractivity contribution < 1.29 is 17.9 Å². The molecular formula is C25H31F3O. The van der Waals surface area contributed by atoms with Crippen LogP contribution < -0.4 is 4.74 Å². The number of rotatable bonds is 8. The highest BCUT2D eigenvalue weighted by Crippen LogP contribution is 2.41. The van der Waals surface area contributed by atoms with Crippen molar-refractivity contribution in [3.63, 3.8) is 0 Å². The molecule has 29 heavy (non-hydrogen) atoms. The molecule has 0 amide bonds. The summed E-state index contributed by atoms with van der Waals surface area (Å²) in [4.78, 5) is 0. The van der Waals surface area contributed by atoms with Gasteiger partial charge >= 0.3 is 6.11 Å². The molecule has 1 nitrogen and oxygen atoms in total. The maximum atomic E-state index is 14.8. The molecule has 4 heteroatoms. The Morgan fingerprint density at radius 2 is 1.79 bits per heavy atom. The van der Waals surface area contributed by atoms with Crippen LogP contribution in [0.4, 0.5) is 13.2 Å². The lowest BCUT2D eigenvalue weighted by atomic mass is 9.79. The molecule has 1 saturated carbocycles. The lowest BCUT2D eigenvalue weighted by molar-refractivity contribution is -0.223. The Hall–Kier alpha value is -1.97. The van der Waals surface area contributed by atoms with Crippen molar-refractivity contribution in [2.45, 2.75) is 71.3 Å². The number of ether oxygens (including phenoxy) is 1. The number of benzene rings is 2. The highest BCUT2D eigenvalue weighted by atomic mass is 19.3. The molecule has 1 fully saturated rings. The number of hydrogen-bond donors (Lipinski definition) is 0. The van der Waals surface area contributed by atoms with Gasteiger partial charge in [-0.1, -0.05) is 50.8 Å². The molecule has 1 aliphatic carbocycles. The third-order valence-corrected chi connectivity index (χ3v) is 6.07. The summed E-state index contributed by atoms with van der Waals surface area (Å²) in [5.74, 6) is -0.468. The Bertz CT molecular complexity index is 835. The summed E-state index contributed by atoms with van der Waals surface area (Å²) < 4.78 is 48.8. The smallest absolute Gasteiger partial charge is 0.400 e. The van der Waals surface area contributed by atoms with E-state index in [0.717, 1.165) is 24.6 Å². The Kier molecular flexibility index (Phi) is 7.26. The van der Waals surface area contributed by atoms with Gasteiger partial charge in [-0.3, -0.25) is 0 Å². The summed E-state index contributed by atoms with van der Waals surface area (Å²) in [5.41, 5.74) is 0.481. The van der Waals surface area contributed by atoms with E-state index in [9.17, 15) is 13.2 Å². The average molecular weight is 405 g/mol. The summed E-state index contributed by atoms with van der Waals surface area (Å²) in [6.45, 7) is 4.00. The molecule has 1 aliphatic rings. The van der Waals surface area contributed by atoms with Crippen LogP contribution in [0.3, 0.4) is 0 Å². The summed E-state index contributed by atoms with van der Waals surface area (Å²) in [6, 6.07) is 7.84. The predicted molar refractivity (Wildman–Crippen MR) is 114 cm³/mol. The van der Waals surface area contributed by atoms with Gasteiger partial charge in [0.05, 0.1) is 5.92 Å². The fourth-order valence-corrected chi connectivity index (χ4v) is 4.35. The largest absolute Gasteiger partial charge is 0.432 e. The fourth-order valence-electron chi connectivity index (χ4n) is 4.35. The molecule has 3 rings (SSSR count). The summed E-state index contributed by atoms with van der Waals surface area (Å²) >= 11 is 0. The Morgan fingerprint density at radius 1 is 1.03 bits per heavy atom. The van der Waals surface area contributed by atoms with Crippen LogP contribution in [0, 0.1) is 17.7 Å². The summed E-state index contributed by atoms with van der Waals surface area (Å²) in [5, 5.41) is 1.35. The van der Waals surface area contributed by atoms with Crippen molar-refractivity contribution >= 4 is 16.8 Å². The Balaban J connectivity index is 1.65. The number of allylic oxidation sites excluding steroid dienone is 1. The van der Waals surface area contributed by atoms with Gasteiger partial charge in [-0.15, -0.1) is 0 Å². The number of halogens is 3. The second kappa shape index (κ2) is 9.69. The number of unbranched alkanes of at least 4 members (excludes halogenated alkanes) is 2. The topological polar surface area (TPSA) is 9.23 Å². The van der Waals surface area contributed by atoms with Gasteiger partial charge in [0.2, 0.25) is 0 Å². The molecule has 158 valence electrons. The molecule has 0 atom stereocenters. The van der Waals surface area contributed by atoms with Crippen molar-refractivity contribution in [1.82, 2.24) is 0 Å². The van der Waals surface area contributed by atoms with Crippen molar-refractivity contribution in [3.05, 3.63) is 47.8 Å². The molecule has 0 unspecified atom stereocenters. The average Bonchev–Trinajstić information content (AvgIpc) is 2.69. The van der Waals surface area contributed by atoms with E-state index in [-0.39, 0.29) is 11.6 Å². The first-order valence-corrected chi connectivity index (χ1v) is 10.9. The van der Waals surface area contributed by atoms with Crippen LogP contribution in [-0.4, -0.2) is 6.11 Å². The quantitative estimate of drug-likeness (QED) is 0.402. The van der Waals surface area contributed by atoms with Crippen molar-refractivity contribution in [3.8, 4) is 5.75 Å². The molecule has 0 saturated heterocycles. The van der Waals surface area contributed by atoms with Gasteiger partial charge in [0.1, 0.15) is 11.6 Å². The minimum absolute atomic E-state index is 0.0887. The molecule has 0 aliphatic heterocycles. The van der Waals surface area contributed by atoms with Crippen LogP contribution in [0.15, 0.2) is 36.4 Å². The standard InChI is InChI=1S/C25H31F3O/c1-3-5-6-8-18-9-12-22(13-10-18)25(27,28)29-23-14-11-19-15-20(7-4-2)24(26)17-21(19)16-23/h4,7,11,14-18,22H,3,5-6,8-10,12-13H2,1-2H3/b7-4+. The maximum absolute atomic E-state index is 14.8. The third-order valence-electron chi connectivity index (χ3n) is 6.07. The molecule has 2 aromatic rings. The van der Waals surface area contributed by atoms with Gasteiger partial charge in [0.25, 0.3) is 0 Å². The first-order chi connectivity index (χ1) is 13.9. The van der Waals surface area contributed by atoms with E-state index >= 15 is 0 Å². The maximum Gasteiger partial charge on any atom is 0.400 e. The van der Waals surface area contributed by atoms with Gasteiger partial charge in [-0.2, -0.15) is 8.78 Å². The number of fused-ring (bicyclic) bond motifs is 1. The normalized spacial score (nSPS) is 20.4. The molecule has 0 aromatic heterocycles. The molecule has 0 heterocycles. The van der Waals surface area contributed by atoms with Gasteiger partial charge < -0.3 is 4.74 Å². The Morgan fingerprint density at radius 3 is 2.48 bits per heavy atom. The van der Waals surface area contributed by atoms with E-state index in [2.05, 4.69) is 6.92 Å². The van der Waals surface area contributed by atoms with E-state index in [1.807, 2.05) is 6.92 Å². The van der Waals surface area contributed by atoms with Gasteiger partial charge in [0, 0.05) is 5.56 Å². The zero-order valence-electron chi connectivity index (χ0n) is 17.4. The summed E-state index contributed by atoms with van der Waals surface area (Å²) in [6.07, 6.45) is 7.70. The van der Waals surface area contributed by atoms with Crippen molar-refractivity contribution in [2.24, 2.45) is 11.8 Å². The second-order valence-corrected chi connectivity index (χ2v) is 8.26. The van der Waals surface area contributed by atoms with Crippen molar-refractivity contribution in [1.29, 1.82) is 0 Å². The SMILES string of the molecule is C/C=C/c1cc2ccc(OC(F)(F)C3CCC(CCCCC)CC3)cc2cc1F. The molecule has 2 aromatic carbocycles. The van der Waals surface area contributed by atoms with Crippen molar-refractivity contribution in [2.75, 3.05) is 0 Å². The third kappa shape index (κ3) is 5.55. The van der Waals surface area contributed by atoms with Gasteiger partial charge in [-0.25, -0.2) is 4.39 Å². The van der Waals surface area contributed by atoms with Crippen LogP contribution in [0.1, 0.15) is 70.8 Å². The highest BCUT2D eigenvalue weighted by Gasteiger charge is 2.43. The van der Waals surface area contributed by atoms with E-state index in [0.29, 0.717) is 29.7 Å². The highest BCUT2D eigenvalue weighted by molar-refractivity contribution is 5.86. The fraction of sp³-hybridized carbons (Fsp3) is 0.520. The van der Waals surface area contributed by atoms with Gasteiger partial charge in [-0.05, 0) is 73.6 Å². The number of alkyl halides is 2. The van der Waals surface area contributed by atoms with Gasteiger partial charge in [0.15, 0.2) is 0 Å². The molecule has 0 N–H and O–H groups in total. The second-order valence-electron chi connectivity index (χ2n) is 8.26. The van der Waals surface area contributed by atoms with Crippen LogP contribution >= 0.6 is 0 Å². The first kappa shape index (κ1) is 21.7. The minimum Gasteiger partial charge on any atom is -0.432 e. The molecular weight excluding hydrogens is 373 g/mol. The van der Waals surface area contributed by atoms with Crippen LogP contribution in [0.2, 0.25) is 0 Å². The minimum atomic E-state index is -3.20. The predicted octanol–water partition coefficient (Wildman–Crippen LogP) is 8.37. The molecule has 0 bridgehead atoms. The number of hydrogen-bond acceptors (Lipinski definition) is 1. The van der Waals surface area contributed by atoms with E-state index < -0.39 is 12.0 Å². The lowest BCUT2D eigenvalue weighted by Gasteiger charge is -2.33.